The molecule has 3 aromatic rings. The zero-order chi connectivity index (χ0) is 15.5. The van der Waals surface area contributed by atoms with Crippen molar-refractivity contribution in [3.05, 3.63) is 64.9 Å². The number of nitro groups is 1. The van der Waals surface area contributed by atoms with Crippen LogP contribution in [0, 0.1) is 10.1 Å². The molecule has 0 bridgehead atoms. The number of fused-ring (bicyclic) bond motifs is 1. The van der Waals surface area contributed by atoms with Gasteiger partial charge in [-0.25, -0.2) is 0 Å². The Hall–Kier alpha value is -3.09. The third-order valence-corrected chi connectivity index (χ3v) is 3.34. The van der Waals surface area contributed by atoms with Crippen LogP contribution in [-0.2, 0) is 6.54 Å². The normalized spacial score (nSPS) is 10.6. The van der Waals surface area contributed by atoms with Gasteiger partial charge in [-0.15, -0.1) is 0 Å². The maximum atomic E-state index is 11.5. The summed E-state index contributed by atoms with van der Waals surface area (Å²) in [5.74, 6) is 0. The lowest BCUT2D eigenvalue weighted by Gasteiger charge is -2.19. The Morgan fingerprint density at radius 2 is 2.05 bits per heavy atom. The minimum Gasteiger partial charge on any atom is -0.363 e. The Morgan fingerprint density at radius 3 is 2.77 bits per heavy atom. The van der Waals surface area contributed by atoms with E-state index < -0.39 is 0 Å². The summed E-state index contributed by atoms with van der Waals surface area (Å²) in [7, 11) is 1.79. The molecule has 0 aliphatic heterocycles. The van der Waals surface area contributed by atoms with Crippen LogP contribution in [0.25, 0.3) is 10.9 Å². The number of hydrogen-bond acceptors (Lipinski definition) is 6. The standard InChI is InChI=1S/C15H13N5O2/c1-19(10-11-9-16-7-8-17-11)14-5-4-13-12(3-2-6-18-13)15(14)20(21)22/h2-9H,10H2,1H3. The van der Waals surface area contributed by atoms with Crippen molar-refractivity contribution >= 4 is 22.3 Å². The Balaban J connectivity index is 2.06. The second-order valence-electron chi connectivity index (χ2n) is 4.81. The molecular formula is C15H13N5O2. The number of anilines is 1. The van der Waals surface area contributed by atoms with Crippen LogP contribution >= 0.6 is 0 Å². The van der Waals surface area contributed by atoms with Crippen LogP contribution in [0.4, 0.5) is 11.4 Å². The van der Waals surface area contributed by atoms with Crippen molar-refractivity contribution in [3.8, 4) is 0 Å². The minimum atomic E-state index is -0.369. The molecule has 0 saturated carbocycles. The highest BCUT2D eigenvalue weighted by molar-refractivity contribution is 5.94. The van der Waals surface area contributed by atoms with E-state index in [0.29, 0.717) is 23.1 Å². The van der Waals surface area contributed by atoms with Gasteiger partial charge in [0.1, 0.15) is 5.69 Å². The van der Waals surface area contributed by atoms with E-state index >= 15 is 0 Å². The molecule has 110 valence electrons. The molecule has 0 saturated heterocycles. The fourth-order valence-electron chi connectivity index (χ4n) is 2.37. The quantitative estimate of drug-likeness (QED) is 0.543. The summed E-state index contributed by atoms with van der Waals surface area (Å²) in [5.41, 5.74) is 1.92. The average Bonchev–Trinajstić information content (AvgIpc) is 2.54. The smallest absolute Gasteiger partial charge is 0.301 e. The summed E-state index contributed by atoms with van der Waals surface area (Å²) < 4.78 is 0. The molecule has 7 nitrogen and oxygen atoms in total. The first-order valence-electron chi connectivity index (χ1n) is 6.65. The van der Waals surface area contributed by atoms with E-state index in [-0.39, 0.29) is 10.6 Å². The van der Waals surface area contributed by atoms with E-state index in [0.717, 1.165) is 5.69 Å². The largest absolute Gasteiger partial charge is 0.363 e. The Morgan fingerprint density at radius 1 is 1.18 bits per heavy atom. The molecular weight excluding hydrogens is 282 g/mol. The molecule has 3 rings (SSSR count). The van der Waals surface area contributed by atoms with Gasteiger partial charge in [-0.2, -0.15) is 0 Å². The number of nitrogens with zero attached hydrogens (tertiary/aromatic N) is 5. The summed E-state index contributed by atoms with van der Waals surface area (Å²) in [5, 5.41) is 12.0. The molecule has 2 aromatic heterocycles. The summed E-state index contributed by atoms with van der Waals surface area (Å²) in [4.78, 5) is 25.3. The number of nitro benzene ring substituents is 1. The summed E-state index contributed by atoms with van der Waals surface area (Å²) in [6, 6.07) is 6.90. The summed E-state index contributed by atoms with van der Waals surface area (Å²) in [6.45, 7) is 0.431. The van der Waals surface area contributed by atoms with Gasteiger partial charge in [0.25, 0.3) is 0 Å². The fourth-order valence-corrected chi connectivity index (χ4v) is 2.37. The Labute approximate surface area is 126 Å². The molecule has 0 spiro atoms. The van der Waals surface area contributed by atoms with Gasteiger partial charge in [-0.05, 0) is 24.3 Å². The molecule has 0 aliphatic carbocycles. The number of benzene rings is 1. The Bertz CT molecular complexity index is 823. The highest BCUT2D eigenvalue weighted by Crippen LogP contribution is 2.34. The molecule has 0 amide bonds. The van der Waals surface area contributed by atoms with Gasteiger partial charge in [0, 0.05) is 25.6 Å². The van der Waals surface area contributed by atoms with Crippen molar-refractivity contribution in [2.75, 3.05) is 11.9 Å². The first kappa shape index (κ1) is 13.9. The van der Waals surface area contributed by atoms with Gasteiger partial charge in [-0.3, -0.25) is 25.1 Å². The van der Waals surface area contributed by atoms with Gasteiger partial charge >= 0.3 is 5.69 Å². The van der Waals surface area contributed by atoms with Gasteiger partial charge in [0.05, 0.1) is 34.3 Å². The summed E-state index contributed by atoms with van der Waals surface area (Å²) >= 11 is 0. The first-order valence-corrected chi connectivity index (χ1v) is 6.65. The molecule has 0 unspecified atom stereocenters. The van der Waals surface area contributed by atoms with Crippen molar-refractivity contribution in [1.29, 1.82) is 0 Å². The van der Waals surface area contributed by atoms with Gasteiger partial charge < -0.3 is 4.90 Å². The summed E-state index contributed by atoms with van der Waals surface area (Å²) in [6.07, 6.45) is 6.45. The Kier molecular flexibility index (Phi) is 3.61. The highest BCUT2D eigenvalue weighted by atomic mass is 16.6. The van der Waals surface area contributed by atoms with Gasteiger partial charge in [-0.1, -0.05) is 0 Å². The maximum Gasteiger partial charge on any atom is 0.301 e. The molecule has 7 heteroatoms. The SMILES string of the molecule is CN(Cc1cnccn1)c1ccc2ncccc2c1[N+](=O)[O-]. The monoisotopic (exact) mass is 295 g/mol. The second-order valence-corrected chi connectivity index (χ2v) is 4.81. The fraction of sp³-hybridized carbons (Fsp3) is 0.133. The molecule has 0 aliphatic rings. The van der Waals surface area contributed by atoms with Crippen molar-refractivity contribution in [2.45, 2.75) is 6.54 Å². The molecule has 0 fully saturated rings. The van der Waals surface area contributed by atoms with E-state index in [4.69, 9.17) is 0 Å². The third kappa shape index (κ3) is 2.56. The molecule has 22 heavy (non-hydrogen) atoms. The van der Waals surface area contributed by atoms with E-state index in [1.807, 2.05) is 0 Å². The third-order valence-electron chi connectivity index (χ3n) is 3.34. The average molecular weight is 295 g/mol. The number of pyridine rings is 1. The van der Waals surface area contributed by atoms with E-state index in [1.54, 1.807) is 61.0 Å². The molecule has 1 aromatic carbocycles. The van der Waals surface area contributed by atoms with Crippen LogP contribution in [0.3, 0.4) is 0 Å². The molecule has 0 N–H and O–H groups in total. The van der Waals surface area contributed by atoms with Gasteiger partial charge in [0.15, 0.2) is 0 Å². The lowest BCUT2D eigenvalue weighted by Crippen LogP contribution is -2.18. The van der Waals surface area contributed by atoms with E-state index in [9.17, 15) is 10.1 Å². The highest BCUT2D eigenvalue weighted by Gasteiger charge is 2.21. The number of rotatable bonds is 4. The maximum absolute atomic E-state index is 11.5. The van der Waals surface area contributed by atoms with Crippen LogP contribution in [0.1, 0.15) is 5.69 Å². The molecule has 0 radical (unpaired) electrons. The first-order chi connectivity index (χ1) is 10.7. The lowest BCUT2D eigenvalue weighted by atomic mass is 10.1. The van der Waals surface area contributed by atoms with Crippen LogP contribution in [0.2, 0.25) is 0 Å². The topological polar surface area (TPSA) is 85.0 Å². The predicted molar refractivity (Wildman–Crippen MR) is 82.5 cm³/mol. The molecule has 0 atom stereocenters. The number of hydrogen-bond donors (Lipinski definition) is 0. The van der Waals surface area contributed by atoms with Crippen molar-refractivity contribution in [2.24, 2.45) is 0 Å². The van der Waals surface area contributed by atoms with Crippen LogP contribution in [0.15, 0.2) is 49.1 Å². The predicted octanol–water partition coefficient (Wildman–Crippen LogP) is 2.57. The van der Waals surface area contributed by atoms with E-state index in [2.05, 4.69) is 15.0 Å². The van der Waals surface area contributed by atoms with Gasteiger partial charge in [0.2, 0.25) is 0 Å². The van der Waals surface area contributed by atoms with Crippen molar-refractivity contribution in [3.63, 3.8) is 0 Å². The van der Waals surface area contributed by atoms with Crippen molar-refractivity contribution < 1.29 is 4.92 Å². The van der Waals surface area contributed by atoms with Crippen LogP contribution in [0.5, 0.6) is 0 Å². The zero-order valence-electron chi connectivity index (χ0n) is 11.9. The van der Waals surface area contributed by atoms with E-state index in [1.165, 1.54) is 0 Å². The second kappa shape index (κ2) is 5.72. The lowest BCUT2D eigenvalue weighted by molar-refractivity contribution is -0.382. The van der Waals surface area contributed by atoms with Crippen LogP contribution in [-0.4, -0.2) is 26.9 Å². The number of aromatic nitrogens is 3. The zero-order valence-corrected chi connectivity index (χ0v) is 11.9. The van der Waals surface area contributed by atoms with Crippen molar-refractivity contribution in [1.82, 2.24) is 15.0 Å². The minimum absolute atomic E-state index is 0.0528. The van der Waals surface area contributed by atoms with Crippen LogP contribution < -0.4 is 4.90 Å². The molecule has 2 heterocycles.